The molecule has 2 aliphatic rings. The van der Waals surface area contributed by atoms with Gasteiger partial charge in [0.25, 0.3) is 0 Å². The van der Waals surface area contributed by atoms with Crippen molar-refractivity contribution in [2.75, 3.05) is 51.3 Å². The summed E-state index contributed by atoms with van der Waals surface area (Å²) in [6.45, 7) is 7.38. The molecule has 0 bridgehead atoms. The number of hydrogen-bond acceptors (Lipinski definition) is 5. The molecule has 2 heterocycles. The summed E-state index contributed by atoms with van der Waals surface area (Å²) in [5, 5.41) is 10.2. The summed E-state index contributed by atoms with van der Waals surface area (Å²) in [5.74, 6) is 1.16. The van der Waals surface area contributed by atoms with Crippen LogP contribution in [0.5, 0.6) is 11.5 Å². The molecule has 0 saturated carbocycles. The van der Waals surface area contributed by atoms with Crippen molar-refractivity contribution in [1.29, 1.82) is 0 Å². The zero-order valence-corrected chi connectivity index (χ0v) is 16.8. The molecule has 28 heavy (non-hydrogen) atoms. The van der Waals surface area contributed by atoms with Gasteiger partial charge in [-0.3, -0.25) is 9.80 Å². The largest absolute Gasteiger partial charge is 0.508 e. The van der Waals surface area contributed by atoms with Gasteiger partial charge in [-0.15, -0.1) is 0 Å². The van der Waals surface area contributed by atoms with Crippen LogP contribution in [0.25, 0.3) is 0 Å². The number of aromatic hydroxyl groups is 1. The van der Waals surface area contributed by atoms with Gasteiger partial charge < -0.3 is 14.7 Å². The van der Waals surface area contributed by atoms with E-state index in [-0.39, 0.29) is 0 Å². The maximum absolute atomic E-state index is 10.2. The molecular formula is C23H31N3O2. The molecule has 4 rings (SSSR count). The highest BCUT2D eigenvalue weighted by Gasteiger charge is 2.28. The van der Waals surface area contributed by atoms with E-state index in [0.717, 1.165) is 57.1 Å². The van der Waals surface area contributed by atoms with Crippen LogP contribution in [0.2, 0.25) is 0 Å². The Morgan fingerprint density at radius 3 is 2.54 bits per heavy atom. The van der Waals surface area contributed by atoms with Crippen LogP contribution in [0.1, 0.15) is 18.4 Å². The van der Waals surface area contributed by atoms with Gasteiger partial charge in [0.15, 0.2) is 0 Å². The van der Waals surface area contributed by atoms with Gasteiger partial charge in [-0.1, -0.05) is 18.2 Å². The summed E-state index contributed by atoms with van der Waals surface area (Å²) < 4.78 is 5.32. The number of para-hydroxylation sites is 1. The molecule has 1 N–H and O–H groups in total. The lowest BCUT2D eigenvalue weighted by Gasteiger charge is -2.44. The third-order valence-electron chi connectivity index (χ3n) is 6.11. The maximum Gasteiger partial charge on any atom is 0.120 e. The second kappa shape index (κ2) is 8.84. The predicted octanol–water partition coefficient (Wildman–Crippen LogP) is 3.19. The molecule has 150 valence electrons. The van der Waals surface area contributed by atoms with E-state index < -0.39 is 0 Å². The first-order valence-corrected chi connectivity index (χ1v) is 10.4. The zero-order chi connectivity index (χ0) is 19.3. The predicted molar refractivity (Wildman–Crippen MR) is 113 cm³/mol. The number of piperidine rings is 1. The molecule has 1 atom stereocenters. The molecule has 0 radical (unpaired) electrons. The molecule has 2 aliphatic heterocycles. The second-order valence-electron chi connectivity index (χ2n) is 7.88. The first-order chi connectivity index (χ1) is 13.7. The van der Waals surface area contributed by atoms with Crippen molar-refractivity contribution in [3.8, 4) is 11.5 Å². The third-order valence-corrected chi connectivity index (χ3v) is 6.11. The lowest BCUT2D eigenvalue weighted by atomic mass is 10.0. The maximum atomic E-state index is 10.2. The van der Waals surface area contributed by atoms with Crippen LogP contribution in [-0.2, 0) is 6.54 Å². The quantitative estimate of drug-likeness (QED) is 0.861. The Balaban J connectivity index is 1.33. The summed E-state index contributed by atoms with van der Waals surface area (Å²) in [4.78, 5) is 7.63. The van der Waals surface area contributed by atoms with E-state index in [2.05, 4.69) is 45.0 Å². The number of rotatable bonds is 5. The lowest BCUT2D eigenvalue weighted by molar-refractivity contribution is 0.0883. The molecule has 0 aromatic heterocycles. The summed E-state index contributed by atoms with van der Waals surface area (Å²) >= 11 is 0. The van der Waals surface area contributed by atoms with E-state index in [9.17, 15) is 5.11 Å². The SMILES string of the molecule is COc1ccc(O)c(CN2CCC[C@@H](N3CCN(c4ccccc4)CC3)C2)c1. The molecule has 0 unspecified atom stereocenters. The lowest BCUT2D eigenvalue weighted by Crippen LogP contribution is -2.55. The van der Waals surface area contributed by atoms with Crippen LogP contribution < -0.4 is 9.64 Å². The third kappa shape index (κ3) is 4.42. The van der Waals surface area contributed by atoms with E-state index in [1.807, 2.05) is 12.1 Å². The van der Waals surface area contributed by atoms with Crippen LogP contribution in [-0.4, -0.2) is 67.3 Å². The number of anilines is 1. The van der Waals surface area contributed by atoms with Crippen LogP contribution in [0.15, 0.2) is 48.5 Å². The monoisotopic (exact) mass is 381 g/mol. The summed E-state index contributed by atoms with van der Waals surface area (Å²) in [7, 11) is 1.67. The Bertz CT molecular complexity index is 760. The summed E-state index contributed by atoms with van der Waals surface area (Å²) in [6, 6.07) is 16.8. The smallest absolute Gasteiger partial charge is 0.120 e. The molecule has 2 fully saturated rings. The summed E-state index contributed by atoms with van der Waals surface area (Å²) in [6.07, 6.45) is 2.49. The number of phenols is 1. The Hall–Kier alpha value is -2.24. The van der Waals surface area contributed by atoms with E-state index in [1.165, 1.54) is 18.5 Å². The highest BCUT2D eigenvalue weighted by Crippen LogP contribution is 2.27. The normalized spacial score (nSPS) is 21.6. The number of methoxy groups -OCH3 is 1. The highest BCUT2D eigenvalue weighted by molar-refractivity contribution is 5.46. The van der Waals surface area contributed by atoms with Gasteiger partial charge in [0.1, 0.15) is 11.5 Å². The number of phenolic OH excluding ortho intramolecular Hbond substituents is 1. The number of benzene rings is 2. The zero-order valence-electron chi connectivity index (χ0n) is 16.8. The second-order valence-corrected chi connectivity index (χ2v) is 7.88. The Kier molecular flexibility index (Phi) is 6.03. The molecule has 0 aliphatic carbocycles. The fourth-order valence-electron chi connectivity index (χ4n) is 4.51. The van der Waals surface area contributed by atoms with Gasteiger partial charge in [0, 0.05) is 56.6 Å². The van der Waals surface area contributed by atoms with Crippen LogP contribution in [0.3, 0.4) is 0 Å². The molecule has 5 nitrogen and oxygen atoms in total. The van der Waals surface area contributed by atoms with Crippen molar-refractivity contribution in [3.63, 3.8) is 0 Å². The molecule has 5 heteroatoms. The Labute approximate surface area is 168 Å². The first-order valence-electron chi connectivity index (χ1n) is 10.4. The van der Waals surface area contributed by atoms with Gasteiger partial charge in [-0.25, -0.2) is 0 Å². The van der Waals surface area contributed by atoms with Gasteiger partial charge in [-0.05, 0) is 49.7 Å². The molecule has 2 aromatic carbocycles. The molecule has 0 amide bonds. The van der Waals surface area contributed by atoms with Crippen molar-refractivity contribution >= 4 is 5.69 Å². The minimum Gasteiger partial charge on any atom is -0.508 e. The van der Waals surface area contributed by atoms with E-state index in [4.69, 9.17) is 4.74 Å². The van der Waals surface area contributed by atoms with E-state index in [0.29, 0.717) is 11.8 Å². The number of likely N-dealkylation sites (tertiary alicyclic amines) is 1. The Morgan fingerprint density at radius 2 is 1.79 bits per heavy atom. The molecule has 0 spiro atoms. The van der Waals surface area contributed by atoms with Gasteiger partial charge in [-0.2, -0.15) is 0 Å². The summed E-state index contributed by atoms with van der Waals surface area (Å²) in [5.41, 5.74) is 2.29. The number of piperazine rings is 1. The molecule has 2 aromatic rings. The number of ether oxygens (including phenoxy) is 1. The average Bonchev–Trinajstić information content (AvgIpc) is 2.76. The fourth-order valence-corrected chi connectivity index (χ4v) is 4.51. The van der Waals surface area contributed by atoms with Crippen LogP contribution in [0, 0.1) is 0 Å². The minimum absolute atomic E-state index is 0.361. The molecular weight excluding hydrogens is 350 g/mol. The van der Waals surface area contributed by atoms with E-state index >= 15 is 0 Å². The molecule has 2 saturated heterocycles. The van der Waals surface area contributed by atoms with Gasteiger partial charge in [0.2, 0.25) is 0 Å². The van der Waals surface area contributed by atoms with Crippen molar-refractivity contribution in [1.82, 2.24) is 9.80 Å². The van der Waals surface area contributed by atoms with Crippen molar-refractivity contribution in [2.45, 2.75) is 25.4 Å². The van der Waals surface area contributed by atoms with Crippen molar-refractivity contribution in [3.05, 3.63) is 54.1 Å². The van der Waals surface area contributed by atoms with Crippen LogP contribution in [0.4, 0.5) is 5.69 Å². The Morgan fingerprint density at radius 1 is 1.00 bits per heavy atom. The van der Waals surface area contributed by atoms with E-state index in [1.54, 1.807) is 13.2 Å². The van der Waals surface area contributed by atoms with Crippen molar-refractivity contribution in [2.24, 2.45) is 0 Å². The standard InChI is InChI=1S/C23H31N3O2/c1-28-22-9-10-23(27)19(16-22)17-24-11-5-8-21(18-24)26-14-12-25(13-15-26)20-6-3-2-4-7-20/h2-4,6-7,9-10,16,21,27H,5,8,11-15,17-18H2,1H3/t21-/m1/s1. The van der Waals surface area contributed by atoms with Gasteiger partial charge >= 0.3 is 0 Å². The van der Waals surface area contributed by atoms with Gasteiger partial charge in [0.05, 0.1) is 7.11 Å². The van der Waals surface area contributed by atoms with Crippen molar-refractivity contribution < 1.29 is 9.84 Å². The topological polar surface area (TPSA) is 39.2 Å². The first kappa shape index (κ1) is 19.1. The van der Waals surface area contributed by atoms with Crippen LogP contribution >= 0.6 is 0 Å². The highest BCUT2D eigenvalue weighted by atomic mass is 16.5. The fraction of sp³-hybridized carbons (Fsp3) is 0.478. The minimum atomic E-state index is 0.361. The average molecular weight is 382 g/mol. The number of nitrogens with zero attached hydrogens (tertiary/aromatic N) is 3. The number of hydrogen-bond donors (Lipinski definition) is 1.